The number of halogens is 1. The first-order chi connectivity index (χ1) is 13.1. The number of carbonyl (C=O) groups is 1. The molecule has 28 heavy (non-hydrogen) atoms. The van der Waals surface area contributed by atoms with Crippen LogP contribution in [-0.4, -0.2) is 43.8 Å². The fourth-order valence-corrected chi connectivity index (χ4v) is 4.06. The van der Waals surface area contributed by atoms with Crippen molar-refractivity contribution in [1.29, 1.82) is 0 Å². The van der Waals surface area contributed by atoms with E-state index < -0.39 is 15.3 Å². The summed E-state index contributed by atoms with van der Waals surface area (Å²) in [7, 11) is -3.57. The van der Waals surface area contributed by atoms with Crippen molar-refractivity contribution in [2.75, 3.05) is 18.1 Å². The van der Waals surface area contributed by atoms with Gasteiger partial charge in [0.15, 0.2) is 15.7 Å². The lowest BCUT2D eigenvalue weighted by Crippen LogP contribution is -2.55. The summed E-state index contributed by atoms with van der Waals surface area (Å²) in [5.41, 5.74) is -0.292. The summed E-state index contributed by atoms with van der Waals surface area (Å²) in [4.78, 5) is 14.6. The van der Waals surface area contributed by atoms with E-state index >= 15 is 0 Å². The number of rotatable bonds is 5. The number of nitrogens with zero attached hydrogens (tertiary/aromatic N) is 3. The van der Waals surface area contributed by atoms with Crippen molar-refractivity contribution in [1.82, 2.24) is 10.2 Å². The van der Waals surface area contributed by atoms with Gasteiger partial charge in [0.2, 0.25) is 5.91 Å². The first kappa shape index (κ1) is 20.7. The van der Waals surface area contributed by atoms with Gasteiger partial charge in [-0.25, -0.2) is 8.42 Å². The Hall–Kier alpha value is -2.03. The standard InChI is InChI=1S/C19H22ClN3O4S/c1-19(2,3)18(24)23(15-10-27-11-15)17-9-6-14(21-22-17)12-28(25,26)16-7-4-13(20)5-8-16/h4-9,15H,10-12H2,1-3H3. The Morgan fingerprint density at radius 1 is 1.14 bits per heavy atom. The van der Waals surface area contributed by atoms with Gasteiger partial charge in [-0.15, -0.1) is 5.10 Å². The highest BCUT2D eigenvalue weighted by Gasteiger charge is 2.37. The van der Waals surface area contributed by atoms with E-state index in [1.807, 2.05) is 20.8 Å². The lowest BCUT2D eigenvalue weighted by Gasteiger charge is -2.39. The van der Waals surface area contributed by atoms with Crippen molar-refractivity contribution in [2.45, 2.75) is 37.5 Å². The average molecular weight is 424 g/mol. The highest BCUT2D eigenvalue weighted by atomic mass is 35.5. The third-order valence-corrected chi connectivity index (χ3v) is 6.23. The second-order valence-electron chi connectivity index (χ2n) is 7.71. The number of ether oxygens (including phenoxy) is 1. The molecule has 1 aromatic carbocycles. The molecular formula is C19H22ClN3O4S. The molecule has 0 atom stereocenters. The Morgan fingerprint density at radius 2 is 1.79 bits per heavy atom. The van der Waals surface area contributed by atoms with Gasteiger partial charge in [-0.1, -0.05) is 32.4 Å². The van der Waals surface area contributed by atoms with E-state index in [1.54, 1.807) is 17.0 Å². The number of benzene rings is 1. The molecule has 3 rings (SSSR count). The maximum absolute atomic E-state index is 12.8. The molecule has 0 N–H and O–H groups in total. The summed E-state index contributed by atoms with van der Waals surface area (Å²) in [5.74, 6) is 0.0132. The molecule has 150 valence electrons. The van der Waals surface area contributed by atoms with Crippen molar-refractivity contribution in [3.05, 3.63) is 47.1 Å². The molecule has 1 amide bonds. The first-order valence-electron chi connectivity index (χ1n) is 8.80. The summed E-state index contributed by atoms with van der Waals surface area (Å²) in [6.45, 7) is 6.39. The average Bonchev–Trinajstić information content (AvgIpc) is 2.57. The molecule has 1 fully saturated rings. The minimum absolute atomic E-state index is 0.0864. The molecule has 2 aromatic rings. The molecule has 1 saturated heterocycles. The van der Waals surface area contributed by atoms with E-state index in [1.165, 1.54) is 24.3 Å². The molecule has 0 saturated carbocycles. The third kappa shape index (κ3) is 4.51. The Labute approximate surface area is 169 Å². The van der Waals surface area contributed by atoms with Crippen molar-refractivity contribution in [3.63, 3.8) is 0 Å². The Morgan fingerprint density at radius 3 is 2.25 bits per heavy atom. The first-order valence-corrected chi connectivity index (χ1v) is 10.8. The number of aromatic nitrogens is 2. The topological polar surface area (TPSA) is 89.5 Å². The van der Waals surface area contributed by atoms with Crippen LogP contribution >= 0.6 is 11.6 Å². The van der Waals surface area contributed by atoms with E-state index in [-0.39, 0.29) is 22.6 Å². The fourth-order valence-electron chi connectivity index (χ4n) is 2.67. The van der Waals surface area contributed by atoms with Gasteiger partial charge < -0.3 is 4.74 Å². The molecule has 0 aliphatic carbocycles. The Balaban J connectivity index is 1.81. The quantitative estimate of drug-likeness (QED) is 0.734. The highest BCUT2D eigenvalue weighted by Crippen LogP contribution is 2.27. The number of anilines is 1. The fraction of sp³-hybridized carbons (Fsp3) is 0.421. The zero-order chi connectivity index (χ0) is 20.5. The SMILES string of the molecule is CC(C)(C)C(=O)N(c1ccc(CS(=O)(=O)c2ccc(Cl)cc2)nn1)C1COC1. The monoisotopic (exact) mass is 423 g/mol. The van der Waals surface area contributed by atoms with E-state index in [9.17, 15) is 13.2 Å². The van der Waals surface area contributed by atoms with Gasteiger partial charge >= 0.3 is 0 Å². The Bertz CT molecular complexity index is 950. The van der Waals surface area contributed by atoms with Gasteiger partial charge in [0, 0.05) is 10.4 Å². The van der Waals surface area contributed by atoms with Crippen LogP contribution < -0.4 is 4.90 Å². The summed E-state index contributed by atoms with van der Waals surface area (Å²) in [5, 5.41) is 8.63. The Kier molecular flexibility index (Phi) is 5.74. The van der Waals surface area contributed by atoms with Crippen molar-refractivity contribution in [2.24, 2.45) is 5.41 Å². The number of carbonyl (C=O) groups excluding carboxylic acids is 1. The van der Waals surface area contributed by atoms with Crippen LogP contribution in [0.3, 0.4) is 0 Å². The number of sulfone groups is 1. The minimum Gasteiger partial charge on any atom is -0.377 e. The van der Waals surface area contributed by atoms with Crippen molar-refractivity contribution in [3.8, 4) is 0 Å². The molecule has 1 aliphatic rings. The molecule has 0 unspecified atom stereocenters. The van der Waals surface area contributed by atoms with E-state index in [4.69, 9.17) is 16.3 Å². The molecule has 0 spiro atoms. The predicted octanol–water partition coefficient (Wildman–Crippen LogP) is 2.88. The van der Waals surface area contributed by atoms with Crippen LogP contribution in [0.15, 0.2) is 41.3 Å². The van der Waals surface area contributed by atoms with E-state index in [2.05, 4.69) is 10.2 Å². The molecular weight excluding hydrogens is 402 g/mol. The minimum atomic E-state index is -3.57. The number of hydrogen-bond donors (Lipinski definition) is 0. The number of hydrogen-bond acceptors (Lipinski definition) is 6. The zero-order valence-electron chi connectivity index (χ0n) is 15.9. The smallest absolute Gasteiger partial charge is 0.233 e. The summed E-state index contributed by atoms with van der Waals surface area (Å²) < 4.78 is 30.3. The third-order valence-electron chi connectivity index (χ3n) is 4.31. The van der Waals surface area contributed by atoms with Crippen molar-refractivity contribution < 1.29 is 17.9 Å². The van der Waals surface area contributed by atoms with Crippen LogP contribution in [0.4, 0.5) is 5.82 Å². The molecule has 2 heterocycles. The molecule has 0 radical (unpaired) electrons. The van der Waals surface area contributed by atoms with Gasteiger partial charge in [-0.05, 0) is 36.4 Å². The molecule has 1 aliphatic heterocycles. The highest BCUT2D eigenvalue weighted by molar-refractivity contribution is 7.90. The maximum atomic E-state index is 12.8. The van der Waals surface area contributed by atoms with Crippen LogP contribution in [-0.2, 0) is 25.1 Å². The molecule has 0 bridgehead atoms. The van der Waals surface area contributed by atoms with E-state index in [0.29, 0.717) is 29.7 Å². The number of amides is 1. The lowest BCUT2D eigenvalue weighted by atomic mass is 9.93. The lowest BCUT2D eigenvalue weighted by molar-refractivity contribution is -0.128. The van der Waals surface area contributed by atoms with Gasteiger partial charge in [0.25, 0.3) is 0 Å². The zero-order valence-corrected chi connectivity index (χ0v) is 17.5. The summed E-state index contributed by atoms with van der Waals surface area (Å²) >= 11 is 5.81. The van der Waals surface area contributed by atoms with E-state index in [0.717, 1.165) is 0 Å². The van der Waals surface area contributed by atoms with Gasteiger partial charge in [-0.2, -0.15) is 5.10 Å². The van der Waals surface area contributed by atoms with Crippen LogP contribution in [0.5, 0.6) is 0 Å². The second kappa shape index (κ2) is 7.77. The molecule has 9 heteroatoms. The maximum Gasteiger partial charge on any atom is 0.233 e. The summed E-state index contributed by atoms with van der Waals surface area (Å²) in [6, 6.07) is 9.09. The molecule has 1 aromatic heterocycles. The molecule has 7 nitrogen and oxygen atoms in total. The predicted molar refractivity (Wildman–Crippen MR) is 106 cm³/mol. The van der Waals surface area contributed by atoms with Crippen LogP contribution in [0.25, 0.3) is 0 Å². The summed E-state index contributed by atoms with van der Waals surface area (Å²) in [6.07, 6.45) is 0. The van der Waals surface area contributed by atoms with Crippen LogP contribution in [0, 0.1) is 5.41 Å². The van der Waals surface area contributed by atoms with Gasteiger partial charge in [0.05, 0.1) is 35.6 Å². The largest absolute Gasteiger partial charge is 0.377 e. The van der Waals surface area contributed by atoms with Crippen molar-refractivity contribution >= 4 is 33.2 Å². The van der Waals surface area contributed by atoms with Crippen LogP contribution in [0.2, 0.25) is 5.02 Å². The second-order valence-corrected chi connectivity index (χ2v) is 10.1. The normalized spacial score (nSPS) is 15.1. The van der Waals surface area contributed by atoms with Gasteiger partial charge in [0.1, 0.15) is 0 Å². The van der Waals surface area contributed by atoms with Crippen LogP contribution in [0.1, 0.15) is 26.5 Å². The van der Waals surface area contributed by atoms with Gasteiger partial charge in [-0.3, -0.25) is 9.69 Å².